The fourth-order valence-corrected chi connectivity index (χ4v) is 2.39. The van der Waals surface area contributed by atoms with Gasteiger partial charge in [-0.3, -0.25) is 9.59 Å². The fourth-order valence-electron chi connectivity index (χ4n) is 2.39. The Balaban J connectivity index is 1.76. The molecule has 1 saturated carbocycles. The zero-order chi connectivity index (χ0) is 14.4. The highest BCUT2D eigenvalue weighted by molar-refractivity contribution is 5.96. The number of nitrogens with one attached hydrogen (secondary N) is 2. The maximum atomic E-state index is 11.8. The number of rotatable bonds is 4. The van der Waals surface area contributed by atoms with Crippen molar-refractivity contribution in [2.24, 2.45) is 0 Å². The third-order valence-corrected chi connectivity index (χ3v) is 3.52. The summed E-state index contributed by atoms with van der Waals surface area (Å²) in [5.41, 5.74) is 0.526. The Bertz CT molecular complexity index is 461. The second-order valence-electron chi connectivity index (χ2n) is 5.07. The van der Waals surface area contributed by atoms with Crippen LogP contribution in [0.4, 0.5) is 0 Å². The van der Waals surface area contributed by atoms with Crippen LogP contribution in [0.5, 0.6) is 0 Å². The molecule has 0 saturated heterocycles. The first-order chi connectivity index (χ1) is 9.66. The van der Waals surface area contributed by atoms with E-state index in [2.05, 4.69) is 10.6 Å². The molecule has 0 bridgehead atoms. The predicted octanol–water partition coefficient (Wildman–Crippen LogP) is 0.836. The smallest absolute Gasteiger partial charge is 0.251 e. The fraction of sp³-hybridized carbons (Fsp3) is 0.467. The molecule has 5 heteroatoms. The SMILES string of the molecule is O=C(CNC(=O)c1ccccc1)N[C@H]1CCCC[C@@H]1O. The minimum Gasteiger partial charge on any atom is -0.391 e. The lowest BCUT2D eigenvalue weighted by atomic mass is 9.92. The number of carbonyl (C=O) groups excluding carboxylic acids is 2. The Morgan fingerprint density at radius 2 is 1.85 bits per heavy atom. The molecule has 0 spiro atoms. The van der Waals surface area contributed by atoms with Gasteiger partial charge in [-0.25, -0.2) is 0 Å². The Morgan fingerprint density at radius 1 is 1.15 bits per heavy atom. The zero-order valence-electron chi connectivity index (χ0n) is 11.3. The molecule has 1 aromatic carbocycles. The molecule has 0 aromatic heterocycles. The molecule has 3 N–H and O–H groups in total. The normalized spacial score (nSPS) is 22.1. The molecule has 1 aliphatic carbocycles. The van der Waals surface area contributed by atoms with Crippen molar-refractivity contribution < 1.29 is 14.7 Å². The van der Waals surface area contributed by atoms with Crippen molar-refractivity contribution in [2.45, 2.75) is 37.8 Å². The topological polar surface area (TPSA) is 78.4 Å². The van der Waals surface area contributed by atoms with Crippen LogP contribution >= 0.6 is 0 Å². The van der Waals surface area contributed by atoms with Crippen LogP contribution in [0.25, 0.3) is 0 Å². The van der Waals surface area contributed by atoms with Crippen LogP contribution in [0.2, 0.25) is 0 Å². The summed E-state index contributed by atoms with van der Waals surface area (Å²) >= 11 is 0. The summed E-state index contributed by atoms with van der Waals surface area (Å²) in [5, 5.41) is 15.1. The van der Waals surface area contributed by atoms with Gasteiger partial charge in [0.05, 0.1) is 18.7 Å². The minimum absolute atomic E-state index is 0.0725. The molecule has 20 heavy (non-hydrogen) atoms. The Hall–Kier alpha value is -1.88. The number of amides is 2. The summed E-state index contributed by atoms with van der Waals surface area (Å²) in [6, 6.07) is 8.56. The van der Waals surface area contributed by atoms with E-state index in [0.29, 0.717) is 5.56 Å². The van der Waals surface area contributed by atoms with Crippen molar-refractivity contribution in [2.75, 3.05) is 6.54 Å². The second kappa shape index (κ2) is 7.05. The zero-order valence-corrected chi connectivity index (χ0v) is 11.3. The van der Waals surface area contributed by atoms with E-state index >= 15 is 0 Å². The molecule has 2 amide bonds. The number of carbonyl (C=O) groups is 2. The van der Waals surface area contributed by atoms with E-state index in [9.17, 15) is 14.7 Å². The van der Waals surface area contributed by atoms with E-state index in [1.54, 1.807) is 24.3 Å². The van der Waals surface area contributed by atoms with Crippen LogP contribution < -0.4 is 10.6 Å². The molecule has 1 fully saturated rings. The first-order valence-electron chi connectivity index (χ1n) is 6.97. The van der Waals surface area contributed by atoms with Gasteiger partial charge in [-0.2, -0.15) is 0 Å². The summed E-state index contributed by atoms with van der Waals surface area (Å²) in [6.45, 7) is -0.0725. The van der Waals surface area contributed by atoms with Gasteiger partial charge < -0.3 is 15.7 Å². The van der Waals surface area contributed by atoms with E-state index in [4.69, 9.17) is 0 Å². The number of aliphatic hydroxyl groups is 1. The summed E-state index contributed by atoms with van der Waals surface area (Å²) in [6.07, 6.45) is 3.05. The molecule has 0 radical (unpaired) electrons. The molecule has 1 aromatic rings. The highest BCUT2D eigenvalue weighted by atomic mass is 16.3. The predicted molar refractivity (Wildman–Crippen MR) is 75.2 cm³/mol. The van der Waals surface area contributed by atoms with Gasteiger partial charge in [-0.15, -0.1) is 0 Å². The van der Waals surface area contributed by atoms with Gasteiger partial charge in [0.15, 0.2) is 0 Å². The maximum Gasteiger partial charge on any atom is 0.251 e. The molecule has 5 nitrogen and oxygen atoms in total. The average Bonchev–Trinajstić information content (AvgIpc) is 2.48. The van der Waals surface area contributed by atoms with Gasteiger partial charge in [-0.05, 0) is 25.0 Å². The van der Waals surface area contributed by atoms with Crippen LogP contribution in [0, 0.1) is 0 Å². The van der Waals surface area contributed by atoms with Crippen LogP contribution in [-0.2, 0) is 4.79 Å². The quantitative estimate of drug-likeness (QED) is 0.762. The van der Waals surface area contributed by atoms with Crippen LogP contribution in [0.15, 0.2) is 30.3 Å². The summed E-state index contributed by atoms with van der Waals surface area (Å²) in [4.78, 5) is 23.5. The third-order valence-electron chi connectivity index (χ3n) is 3.52. The first kappa shape index (κ1) is 14.5. The van der Waals surface area contributed by atoms with Crippen LogP contribution in [0.1, 0.15) is 36.0 Å². The first-order valence-corrected chi connectivity index (χ1v) is 6.97. The van der Waals surface area contributed by atoms with Gasteiger partial charge in [0, 0.05) is 5.56 Å². The second-order valence-corrected chi connectivity index (χ2v) is 5.07. The van der Waals surface area contributed by atoms with Crippen LogP contribution in [-0.4, -0.2) is 35.6 Å². The molecular formula is C15H20N2O3. The molecule has 0 heterocycles. The average molecular weight is 276 g/mol. The highest BCUT2D eigenvalue weighted by Gasteiger charge is 2.24. The molecule has 108 valence electrons. The number of benzene rings is 1. The molecule has 1 aliphatic rings. The van der Waals surface area contributed by atoms with Crippen molar-refractivity contribution in [1.29, 1.82) is 0 Å². The van der Waals surface area contributed by atoms with Gasteiger partial charge in [0.1, 0.15) is 0 Å². The van der Waals surface area contributed by atoms with E-state index in [1.165, 1.54) is 0 Å². The number of aliphatic hydroxyl groups excluding tert-OH is 1. The summed E-state index contributed by atoms with van der Waals surface area (Å²) in [7, 11) is 0. The van der Waals surface area contributed by atoms with E-state index in [0.717, 1.165) is 25.7 Å². The lowest BCUT2D eigenvalue weighted by Gasteiger charge is -2.28. The minimum atomic E-state index is -0.475. The molecule has 0 unspecified atom stereocenters. The van der Waals surface area contributed by atoms with Crippen molar-refractivity contribution in [3.05, 3.63) is 35.9 Å². The Labute approximate surface area is 118 Å². The van der Waals surface area contributed by atoms with Crippen LogP contribution in [0.3, 0.4) is 0 Å². The summed E-state index contributed by atoms with van der Waals surface area (Å²) in [5.74, 6) is -0.537. The molecule has 2 atom stereocenters. The van der Waals surface area contributed by atoms with Crippen molar-refractivity contribution in [3.63, 3.8) is 0 Å². The highest BCUT2D eigenvalue weighted by Crippen LogP contribution is 2.18. The summed E-state index contributed by atoms with van der Waals surface area (Å²) < 4.78 is 0. The van der Waals surface area contributed by atoms with Gasteiger partial charge in [-0.1, -0.05) is 31.0 Å². The van der Waals surface area contributed by atoms with Crippen molar-refractivity contribution >= 4 is 11.8 Å². The Kier molecular flexibility index (Phi) is 5.12. The van der Waals surface area contributed by atoms with E-state index in [1.807, 2.05) is 6.07 Å². The van der Waals surface area contributed by atoms with Crippen molar-refractivity contribution in [3.8, 4) is 0 Å². The van der Waals surface area contributed by atoms with E-state index < -0.39 is 6.10 Å². The van der Waals surface area contributed by atoms with Crippen molar-refractivity contribution in [1.82, 2.24) is 10.6 Å². The molecular weight excluding hydrogens is 256 g/mol. The maximum absolute atomic E-state index is 11.8. The monoisotopic (exact) mass is 276 g/mol. The van der Waals surface area contributed by atoms with Gasteiger partial charge >= 0.3 is 0 Å². The molecule has 0 aliphatic heterocycles. The number of hydrogen-bond donors (Lipinski definition) is 3. The standard InChI is InChI=1S/C15H20N2O3/c18-13-9-5-4-8-12(13)17-14(19)10-16-15(20)11-6-2-1-3-7-11/h1-3,6-7,12-13,18H,4-5,8-10H2,(H,16,20)(H,17,19)/t12-,13-/m0/s1. The lowest BCUT2D eigenvalue weighted by molar-refractivity contribution is -0.122. The molecule has 2 rings (SSSR count). The van der Waals surface area contributed by atoms with Gasteiger partial charge in [0.2, 0.25) is 5.91 Å². The third kappa shape index (κ3) is 4.06. The number of hydrogen-bond acceptors (Lipinski definition) is 3. The largest absolute Gasteiger partial charge is 0.391 e. The van der Waals surface area contributed by atoms with Gasteiger partial charge in [0.25, 0.3) is 5.91 Å². The van der Waals surface area contributed by atoms with E-state index in [-0.39, 0.29) is 24.4 Å². The lowest BCUT2D eigenvalue weighted by Crippen LogP contribution is -2.48. The Morgan fingerprint density at radius 3 is 2.55 bits per heavy atom.